The van der Waals surface area contributed by atoms with Crippen LogP contribution in [0.15, 0.2) is 81.5 Å². The highest BCUT2D eigenvalue weighted by atomic mass is 14.9. The molecule has 4 atom stereocenters. The fourth-order valence-corrected chi connectivity index (χ4v) is 10.0. The van der Waals surface area contributed by atoms with E-state index in [-0.39, 0.29) is 0 Å². The summed E-state index contributed by atoms with van der Waals surface area (Å²) >= 11 is 0. The molecule has 7 rings (SSSR count). The number of hydrogen-bond acceptors (Lipinski definition) is 2. The van der Waals surface area contributed by atoms with Crippen molar-refractivity contribution in [2.24, 2.45) is 29.6 Å². The second-order valence-corrected chi connectivity index (χ2v) is 14.8. The fourth-order valence-electron chi connectivity index (χ4n) is 10.0. The van der Waals surface area contributed by atoms with Crippen LogP contribution in [0.5, 0.6) is 0 Å². The first-order valence-electron chi connectivity index (χ1n) is 18.0. The van der Waals surface area contributed by atoms with Crippen LogP contribution in [0.4, 0.5) is 0 Å². The molecule has 0 radical (unpaired) electrons. The van der Waals surface area contributed by atoms with E-state index in [1.165, 1.54) is 121 Å². The standard InChI is InChI=1S/C40H56N2/c1-28(29-17-19-31(20-18-29)35-23-24-41-26-35)36-13-6-7-15-38(36)39(34-22-21-30-9-2-3-11-33(30)25-34)27-42-40-16-8-12-32-10-4-5-14-37(32)40/h3,6,8,11,13,16,25,29,31-32,35,37,40-42H,2,4-5,7,9-10,12,14-15,17-24,26-27H2,1H3/b36-28+,39-38+. The van der Waals surface area contributed by atoms with Gasteiger partial charge in [0, 0.05) is 12.6 Å². The van der Waals surface area contributed by atoms with Gasteiger partial charge < -0.3 is 10.6 Å². The lowest BCUT2D eigenvalue weighted by molar-refractivity contribution is 0.194. The van der Waals surface area contributed by atoms with Crippen LogP contribution in [0, 0.1) is 29.6 Å². The maximum Gasteiger partial charge on any atom is 0.0284 e. The fraction of sp³-hybridized carbons (Fsp3) is 0.650. The second kappa shape index (κ2) is 13.4. The summed E-state index contributed by atoms with van der Waals surface area (Å²) in [5.41, 5.74) is 11.5. The van der Waals surface area contributed by atoms with Crippen molar-refractivity contribution >= 4 is 0 Å². The Labute approximate surface area is 256 Å². The van der Waals surface area contributed by atoms with E-state index in [1.54, 1.807) is 33.4 Å². The Kier molecular flexibility index (Phi) is 9.20. The molecule has 2 heteroatoms. The number of nitrogens with one attached hydrogen (secondary N) is 2. The van der Waals surface area contributed by atoms with E-state index in [1.807, 2.05) is 0 Å². The molecule has 1 aliphatic heterocycles. The highest BCUT2D eigenvalue weighted by Crippen LogP contribution is 2.44. The van der Waals surface area contributed by atoms with Crippen LogP contribution < -0.4 is 10.6 Å². The minimum Gasteiger partial charge on any atom is -0.316 e. The summed E-state index contributed by atoms with van der Waals surface area (Å²) in [4.78, 5) is 0. The van der Waals surface area contributed by atoms with Gasteiger partial charge in [-0.25, -0.2) is 0 Å². The Morgan fingerprint density at radius 2 is 1.69 bits per heavy atom. The first kappa shape index (κ1) is 28.8. The molecule has 0 aromatic carbocycles. The van der Waals surface area contributed by atoms with Crippen LogP contribution in [0.25, 0.3) is 0 Å². The molecule has 2 nitrogen and oxygen atoms in total. The van der Waals surface area contributed by atoms with E-state index < -0.39 is 0 Å². The molecule has 2 N–H and O–H groups in total. The average Bonchev–Trinajstić information content (AvgIpc) is 3.60. The molecule has 4 unspecified atom stereocenters. The van der Waals surface area contributed by atoms with Crippen LogP contribution in [-0.4, -0.2) is 25.7 Å². The molecular formula is C40H56N2. The van der Waals surface area contributed by atoms with Crippen molar-refractivity contribution in [2.75, 3.05) is 19.6 Å². The lowest BCUT2D eigenvalue weighted by Crippen LogP contribution is -2.42. The predicted molar refractivity (Wildman–Crippen MR) is 178 cm³/mol. The molecule has 1 heterocycles. The summed E-state index contributed by atoms with van der Waals surface area (Å²) in [7, 11) is 0. The van der Waals surface area contributed by atoms with Crippen LogP contribution in [0.2, 0.25) is 0 Å². The lowest BCUT2D eigenvalue weighted by atomic mass is 9.70. The van der Waals surface area contributed by atoms with Gasteiger partial charge in [0.25, 0.3) is 0 Å². The third-order valence-electron chi connectivity index (χ3n) is 12.6. The van der Waals surface area contributed by atoms with Crippen LogP contribution >= 0.6 is 0 Å². The second-order valence-electron chi connectivity index (χ2n) is 14.8. The van der Waals surface area contributed by atoms with E-state index in [9.17, 15) is 0 Å². The van der Waals surface area contributed by atoms with Crippen LogP contribution in [0.1, 0.15) is 110 Å². The van der Waals surface area contributed by atoms with Gasteiger partial charge in [0.2, 0.25) is 0 Å². The van der Waals surface area contributed by atoms with Gasteiger partial charge >= 0.3 is 0 Å². The largest absolute Gasteiger partial charge is 0.316 e. The molecule has 0 amide bonds. The Morgan fingerprint density at radius 3 is 2.57 bits per heavy atom. The third kappa shape index (κ3) is 6.18. The molecule has 42 heavy (non-hydrogen) atoms. The van der Waals surface area contributed by atoms with E-state index in [0.29, 0.717) is 6.04 Å². The predicted octanol–water partition coefficient (Wildman–Crippen LogP) is 9.46. The summed E-state index contributed by atoms with van der Waals surface area (Å²) in [6.07, 6.45) is 38.9. The summed E-state index contributed by atoms with van der Waals surface area (Å²) in [6.45, 7) is 6.04. The monoisotopic (exact) mass is 564 g/mol. The quantitative estimate of drug-likeness (QED) is 0.314. The topological polar surface area (TPSA) is 24.1 Å². The molecule has 7 aliphatic rings. The number of rotatable bonds is 6. The summed E-state index contributed by atoms with van der Waals surface area (Å²) in [5, 5.41) is 7.82. The summed E-state index contributed by atoms with van der Waals surface area (Å²) in [6, 6.07) is 0.543. The average molecular weight is 565 g/mol. The molecular weight excluding hydrogens is 508 g/mol. The van der Waals surface area contributed by atoms with Gasteiger partial charge in [0.05, 0.1) is 0 Å². The number of fused-ring (bicyclic) bond motifs is 1. The first-order chi connectivity index (χ1) is 20.7. The van der Waals surface area contributed by atoms with Crippen molar-refractivity contribution in [1.29, 1.82) is 0 Å². The van der Waals surface area contributed by atoms with Crippen molar-refractivity contribution in [1.82, 2.24) is 10.6 Å². The van der Waals surface area contributed by atoms with Gasteiger partial charge in [-0.15, -0.1) is 0 Å². The normalized spacial score (nSPS) is 37.3. The molecule has 1 saturated heterocycles. The molecule has 6 aliphatic carbocycles. The van der Waals surface area contributed by atoms with Crippen molar-refractivity contribution in [3.63, 3.8) is 0 Å². The van der Waals surface area contributed by atoms with Crippen molar-refractivity contribution in [2.45, 2.75) is 116 Å². The molecule has 226 valence electrons. The minimum atomic E-state index is 0.543. The maximum absolute atomic E-state index is 4.19. The zero-order chi connectivity index (χ0) is 28.3. The Bertz CT molecular complexity index is 1200. The zero-order valence-electron chi connectivity index (χ0n) is 26.4. The first-order valence-corrected chi connectivity index (χ1v) is 18.0. The van der Waals surface area contributed by atoms with Crippen LogP contribution in [-0.2, 0) is 0 Å². The number of allylic oxidation sites excluding steroid dienone is 11. The van der Waals surface area contributed by atoms with Crippen molar-refractivity contribution in [3.8, 4) is 0 Å². The van der Waals surface area contributed by atoms with Gasteiger partial charge in [-0.3, -0.25) is 0 Å². The van der Waals surface area contributed by atoms with Crippen LogP contribution in [0.3, 0.4) is 0 Å². The Morgan fingerprint density at radius 1 is 0.833 bits per heavy atom. The number of hydrogen-bond donors (Lipinski definition) is 2. The molecule has 0 aromatic rings. The van der Waals surface area contributed by atoms with Crippen molar-refractivity contribution < 1.29 is 0 Å². The molecule has 0 aromatic heterocycles. The van der Waals surface area contributed by atoms with Gasteiger partial charge in [-0.05, 0) is 167 Å². The summed E-state index contributed by atoms with van der Waals surface area (Å²) < 4.78 is 0. The minimum absolute atomic E-state index is 0.543. The van der Waals surface area contributed by atoms with Gasteiger partial charge in [-0.1, -0.05) is 66.5 Å². The molecule has 0 spiro atoms. The molecule has 2 saturated carbocycles. The summed E-state index contributed by atoms with van der Waals surface area (Å²) in [5.74, 6) is 4.38. The van der Waals surface area contributed by atoms with E-state index >= 15 is 0 Å². The van der Waals surface area contributed by atoms with E-state index in [2.05, 4.69) is 60.1 Å². The SMILES string of the molecule is C/C(=C1/C=CCC/C1=C(/CNC1C=CCC2CCCCC21)C1=CC2=C(CCC=C2)CC1)C1CCC(C2CCNC2)CC1. The highest BCUT2D eigenvalue weighted by molar-refractivity contribution is 5.57. The highest BCUT2D eigenvalue weighted by Gasteiger charge is 2.34. The van der Waals surface area contributed by atoms with E-state index in [0.717, 1.165) is 36.1 Å². The maximum atomic E-state index is 4.19. The van der Waals surface area contributed by atoms with E-state index in [4.69, 9.17) is 0 Å². The molecule has 3 fully saturated rings. The van der Waals surface area contributed by atoms with Gasteiger partial charge in [-0.2, -0.15) is 0 Å². The van der Waals surface area contributed by atoms with Crippen molar-refractivity contribution in [3.05, 3.63) is 81.5 Å². The van der Waals surface area contributed by atoms with Gasteiger partial charge in [0.15, 0.2) is 0 Å². The Hall–Kier alpha value is -1.90. The lowest BCUT2D eigenvalue weighted by Gasteiger charge is -2.39. The third-order valence-corrected chi connectivity index (χ3v) is 12.6. The van der Waals surface area contributed by atoms with Gasteiger partial charge in [0.1, 0.15) is 0 Å². The smallest absolute Gasteiger partial charge is 0.0284 e. The Balaban J connectivity index is 1.19. The zero-order valence-corrected chi connectivity index (χ0v) is 26.4. The molecule has 0 bridgehead atoms.